The minimum Gasteiger partial charge on any atom is -0.566 e. The number of quaternary nitrogens is 1. The van der Waals surface area contributed by atoms with Crippen LogP contribution < -0.4 is 20.5 Å². The number of nitrogens with two attached hydrogens (primary N) is 1. The van der Waals surface area contributed by atoms with Gasteiger partial charge >= 0.3 is 14.3 Å². The third-order valence-corrected chi connectivity index (χ3v) is 3.98. The van der Waals surface area contributed by atoms with E-state index in [1.165, 1.54) is 6.20 Å². The average molecular weight is 370 g/mol. The summed E-state index contributed by atoms with van der Waals surface area (Å²) in [6.07, 6.45) is -0.676. The van der Waals surface area contributed by atoms with Crippen molar-refractivity contribution >= 4 is 36.1 Å². The Morgan fingerprint density at radius 2 is 2.45 bits per heavy atom. The van der Waals surface area contributed by atoms with Crippen molar-refractivity contribution in [1.82, 2.24) is 5.32 Å². The quantitative estimate of drug-likeness (QED) is 0.379. The van der Waals surface area contributed by atoms with Crippen molar-refractivity contribution in [2.75, 3.05) is 6.61 Å². The number of rotatable bonds is 4. The van der Waals surface area contributed by atoms with Gasteiger partial charge in [-0.25, -0.2) is 0 Å². The molecule has 2 aliphatic rings. The van der Waals surface area contributed by atoms with Gasteiger partial charge in [-0.2, -0.15) is 15.0 Å². The summed E-state index contributed by atoms with van der Waals surface area (Å²) in [6.45, 7) is -0.287. The SMILES string of the molecule is [NH2+]=C1NC(=O)[NH+]([C@H]2C[C@H](O)[C@@H](CO[P+](=O)[O-])O2)C=C1Br. The third-order valence-electron chi connectivity index (χ3n) is 2.96. The van der Waals surface area contributed by atoms with E-state index < -0.39 is 32.7 Å². The number of aliphatic hydroxyl groups excluding tert-OH is 1. The molecule has 0 saturated carbocycles. The largest absolute Gasteiger partial charge is 0.566 e. The van der Waals surface area contributed by atoms with Crippen LogP contribution in [-0.2, 0) is 13.8 Å². The number of urea groups is 1. The smallest absolute Gasteiger partial charge is 0.513 e. The van der Waals surface area contributed by atoms with Gasteiger partial charge in [0.1, 0.15) is 18.9 Å². The molecule has 0 aromatic rings. The topological polar surface area (TPSA) is 138 Å². The van der Waals surface area contributed by atoms with Crippen LogP contribution in [0.5, 0.6) is 0 Å². The number of hydrogen-bond acceptors (Lipinski definition) is 6. The molecule has 5 atom stereocenters. The van der Waals surface area contributed by atoms with Crippen molar-refractivity contribution in [2.24, 2.45) is 0 Å². The van der Waals surface area contributed by atoms with E-state index >= 15 is 0 Å². The van der Waals surface area contributed by atoms with E-state index in [9.17, 15) is 19.4 Å². The second-order valence-electron chi connectivity index (χ2n) is 4.30. The van der Waals surface area contributed by atoms with Crippen molar-refractivity contribution < 1.29 is 38.9 Å². The number of carbonyl (C=O) groups excluding carboxylic acids is 1. The molecule has 0 aromatic carbocycles. The van der Waals surface area contributed by atoms with Gasteiger partial charge in [0, 0.05) is 0 Å². The van der Waals surface area contributed by atoms with Crippen molar-refractivity contribution in [1.29, 1.82) is 0 Å². The van der Waals surface area contributed by atoms with E-state index in [0.717, 1.165) is 0 Å². The van der Waals surface area contributed by atoms with Gasteiger partial charge in [0.05, 0.1) is 12.5 Å². The van der Waals surface area contributed by atoms with Gasteiger partial charge in [0.2, 0.25) is 6.23 Å². The number of carbonyl (C=O) groups is 1. The number of nitrogens with one attached hydrogen (secondary N) is 2. The van der Waals surface area contributed by atoms with Gasteiger partial charge in [-0.3, -0.25) is 5.41 Å². The minimum absolute atomic E-state index is 0.170. The molecule has 0 spiro atoms. The maximum atomic E-state index is 11.8. The molecular formula is C9H13BrN3O6P+2. The fraction of sp³-hybridized carbons (Fsp3) is 0.556. The zero-order valence-electron chi connectivity index (χ0n) is 10.1. The van der Waals surface area contributed by atoms with Crippen LogP contribution >= 0.6 is 24.2 Å². The maximum Gasteiger partial charge on any atom is 0.513 e. The summed E-state index contributed by atoms with van der Waals surface area (Å²) in [7, 11) is -3.00. The van der Waals surface area contributed by atoms with E-state index in [-0.39, 0.29) is 18.9 Å². The molecule has 0 aliphatic carbocycles. The third kappa shape index (κ3) is 3.47. The molecule has 0 radical (unpaired) electrons. The summed E-state index contributed by atoms with van der Waals surface area (Å²) < 4.78 is 20.7. The predicted octanol–water partition coefficient (Wildman–Crippen LogP) is -3.50. The summed E-state index contributed by atoms with van der Waals surface area (Å²) in [5.41, 5.74) is 0. The standard InChI is InChI=1S/C9H11BrN3O6P/c10-4-2-13(9(15)12-8(4)11)7-1-5(14)6(19-7)3-18-20(16)17/h2,5-7,14H,1,3H2,(H2,11,12,15)/p+2/t5-,6+,7+/m0/s1. The van der Waals surface area contributed by atoms with Crippen LogP contribution in [0.1, 0.15) is 6.42 Å². The molecule has 9 nitrogen and oxygen atoms in total. The Bertz CT molecular complexity index is 486. The monoisotopic (exact) mass is 369 g/mol. The fourth-order valence-electron chi connectivity index (χ4n) is 1.99. The first-order valence-electron chi connectivity index (χ1n) is 5.67. The van der Waals surface area contributed by atoms with Crippen LogP contribution in [0, 0.1) is 0 Å². The van der Waals surface area contributed by atoms with E-state index in [4.69, 9.17) is 10.1 Å². The molecular weight excluding hydrogens is 357 g/mol. The molecule has 0 aromatic heterocycles. The van der Waals surface area contributed by atoms with Gasteiger partial charge < -0.3 is 14.7 Å². The highest BCUT2D eigenvalue weighted by molar-refractivity contribution is 9.12. The van der Waals surface area contributed by atoms with Crippen molar-refractivity contribution in [2.45, 2.75) is 24.9 Å². The van der Waals surface area contributed by atoms with Gasteiger partial charge in [-0.15, -0.1) is 4.52 Å². The molecule has 2 aliphatic heterocycles. The molecule has 1 saturated heterocycles. The van der Waals surface area contributed by atoms with Crippen LogP contribution in [0.25, 0.3) is 0 Å². The molecule has 20 heavy (non-hydrogen) atoms. The first kappa shape index (κ1) is 15.6. The van der Waals surface area contributed by atoms with Crippen molar-refractivity contribution in [3.63, 3.8) is 0 Å². The van der Waals surface area contributed by atoms with E-state index in [0.29, 0.717) is 9.38 Å². The molecule has 2 unspecified atom stereocenters. The zero-order chi connectivity index (χ0) is 14.9. The highest BCUT2D eigenvalue weighted by atomic mass is 79.9. The van der Waals surface area contributed by atoms with Crippen LogP contribution in [-0.4, -0.2) is 42.0 Å². The van der Waals surface area contributed by atoms with Crippen LogP contribution in [0.2, 0.25) is 0 Å². The minimum atomic E-state index is -3.00. The molecule has 2 amide bonds. The second-order valence-corrected chi connectivity index (χ2v) is 5.86. The Balaban J connectivity index is 2.02. The van der Waals surface area contributed by atoms with Crippen LogP contribution in [0.4, 0.5) is 4.79 Å². The number of ether oxygens (including phenoxy) is 1. The highest BCUT2D eigenvalue weighted by Crippen LogP contribution is 2.21. The summed E-state index contributed by atoms with van der Waals surface area (Å²) in [4.78, 5) is 22.5. The van der Waals surface area contributed by atoms with E-state index in [1.54, 1.807) is 0 Å². The molecule has 1 fully saturated rings. The Labute approximate surface area is 123 Å². The van der Waals surface area contributed by atoms with Gasteiger partial charge in [-0.05, 0) is 20.5 Å². The van der Waals surface area contributed by atoms with Crippen LogP contribution in [0.15, 0.2) is 10.7 Å². The molecule has 11 heteroatoms. The van der Waals surface area contributed by atoms with E-state index in [2.05, 4.69) is 25.8 Å². The Kier molecular flexibility index (Phi) is 4.97. The number of amides is 2. The first-order chi connectivity index (χ1) is 9.38. The Morgan fingerprint density at radius 1 is 1.75 bits per heavy atom. The molecule has 110 valence electrons. The molecule has 0 bridgehead atoms. The summed E-state index contributed by atoms with van der Waals surface area (Å²) in [6, 6.07) is -0.417. The van der Waals surface area contributed by atoms with Crippen molar-refractivity contribution in [3.05, 3.63) is 10.7 Å². The average Bonchev–Trinajstić information content (AvgIpc) is 2.72. The molecule has 2 heterocycles. The van der Waals surface area contributed by atoms with Gasteiger partial charge in [0.15, 0.2) is 4.48 Å². The maximum absolute atomic E-state index is 11.8. The first-order valence-corrected chi connectivity index (χ1v) is 7.56. The fourth-order valence-corrected chi connectivity index (χ4v) is 2.60. The lowest BCUT2D eigenvalue weighted by atomic mass is 10.2. The lowest BCUT2D eigenvalue weighted by molar-refractivity contribution is -0.818. The second kappa shape index (κ2) is 6.35. The summed E-state index contributed by atoms with van der Waals surface area (Å²) >= 11 is 3.19. The number of aliphatic hydroxyl groups is 1. The van der Waals surface area contributed by atoms with Crippen molar-refractivity contribution in [3.8, 4) is 0 Å². The molecule has 5 N–H and O–H groups in total. The molecule has 2 rings (SSSR count). The highest BCUT2D eigenvalue weighted by Gasteiger charge is 2.46. The lowest BCUT2D eigenvalue weighted by Crippen LogP contribution is -3.17. The number of halogens is 1. The Morgan fingerprint density at radius 3 is 3.10 bits per heavy atom. The normalized spacial score (nSPS) is 34.8. The van der Waals surface area contributed by atoms with Gasteiger partial charge in [0.25, 0.3) is 5.84 Å². The summed E-state index contributed by atoms with van der Waals surface area (Å²) in [5, 5.41) is 17.8. The lowest BCUT2D eigenvalue weighted by Gasteiger charge is -2.19. The van der Waals surface area contributed by atoms with Crippen LogP contribution in [0.3, 0.4) is 0 Å². The zero-order valence-corrected chi connectivity index (χ0v) is 12.6. The predicted molar refractivity (Wildman–Crippen MR) is 66.3 cm³/mol. The van der Waals surface area contributed by atoms with E-state index in [1.807, 2.05) is 0 Å². The summed E-state index contributed by atoms with van der Waals surface area (Å²) in [5.74, 6) is 0.195. The number of amidine groups is 1. The van der Waals surface area contributed by atoms with Gasteiger partial charge in [-0.1, -0.05) is 0 Å². The Hall–Kier alpha value is -0.740. The number of hydrogen-bond donors (Lipinski definition) is 4.